The first kappa shape index (κ1) is 41.0. The summed E-state index contributed by atoms with van der Waals surface area (Å²) in [5.74, 6) is 14.0. The molecule has 0 saturated carbocycles. The van der Waals surface area contributed by atoms with Crippen LogP contribution in [0.4, 0.5) is 0 Å². The lowest BCUT2D eigenvalue weighted by Gasteiger charge is -2.03. The molecule has 54 heavy (non-hydrogen) atoms. The van der Waals surface area contributed by atoms with Gasteiger partial charge in [0.1, 0.15) is 32.3 Å². The Morgan fingerprint density at radius 3 is 0.852 bits per heavy atom. The van der Waals surface area contributed by atoms with Crippen molar-refractivity contribution < 1.29 is 0 Å². The summed E-state index contributed by atoms with van der Waals surface area (Å²) in [7, 11) is -5.96. The smallest absolute Gasteiger partial charge is 0.129 e. The highest BCUT2D eigenvalue weighted by Gasteiger charge is 2.24. The maximum atomic E-state index is 3.58. The van der Waals surface area contributed by atoms with E-state index in [0.717, 1.165) is 19.5 Å². The molecule has 0 fully saturated rings. The van der Waals surface area contributed by atoms with Crippen LogP contribution in [0.2, 0.25) is 78.6 Å². The van der Waals surface area contributed by atoms with E-state index in [9.17, 15) is 0 Å². The second kappa shape index (κ2) is 16.0. The number of hydrogen-bond donors (Lipinski definition) is 0. The molecule has 0 atom stereocenters. The molecule has 0 nitrogen and oxygen atoms in total. The Balaban J connectivity index is 1.54. The highest BCUT2D eigenvalue weighted by molar-refractivity contribution is 7.30. The predicted octanol–water partition coefficient (Wildman–Crippen LogP) is 15.3. The first-order chi connectivity index (χ1) is 25.2. The van der Waals surface area contributed by atoms with Crippen LogP contribution in [-0.2, 0) is 0 Å². The van der Waals surface area contributed by atoms with Gasteiger partial charge in [0, 0.05) is 40.4 Å². The Morgan fingerprint density at radius 1 is 0.315 bits per heavy atom. The third-order valence-corrected chi connectivity index (χ3v) is 17.7. The van der Waals surface area contributed by atoms with Crippen LogP contribution in [0.25, 0.3) is 50.1 Å². The minimum Gasteiger partial charge on any atom is -0.133 e. The molecule has 6 aromatic rings. The quantitative estimate of drug-likeness (QED) is 0.120. The summed E-state index contributed by atoms with van der Waals surface area (Å²) in [6.07, 6.45) is 0. The maximum Gasteiger partial charge on any atom is 0.129 e. The molecular weight excluding hydrogens is 833 g/mol. The van der Waals surface area contributed by atoms with Crippen molar-refractivity contribution in [3.63, 3.8) is 0 Å². The summed E-state index contributed by atoms with van der Waals surface area (Å²) >= 11 is 11.0. The molecular formula is C44H46S6Si4. The Morgan fingerprint density at radius 2 is 0.574 bits per heavy atom. The molecule has 6 rings (SSSR count). The zero-order valence-electron chi connectivity index (χ0n) is 33.2. The van der Waals surface area contributed by atoms with Crippen molar-refractivity contribution in [1.82, 2.24) is 0 Å². The van der Waals surface area contributed by atoms with Crippen LogP contribution in [0, 0.1) is 45.9 Å². The zero-order chi connectivity index (χ0) is 39.1. The van der Waals surface area contributed by atoms with Crippen LogP contribution in [0.1, 0.15) is 19.5 Å². The average molecular weight is 880 g/mol. The van der Waals surface area contributed by atoms with E-state index in [4.69, 9.17) is 0 Å². The van der Waals surface area contributed by atoms with E-state index >= 15 is 0 Å². The molecule has 0 radical (unpaired) electrons. The van der Waals surface area contributed by atoms with Crippen LogP contribution >= 0.6 is 68.0 Å². The van der Waals surface area contributed by atoms with Gasteiger partial charge in [-0.15, -0.1) is 90.2 Å². The fourth-order valence-corrected chi connectivity index (χ4v) is 13.6. The molecule has 0 N–H and O–H groups in total. The van der Waals surface area contributed by atoms with Crippen LogP contribution in [-0.4, -0.2) is 32.3 Å². The molecule has 6 heterocycles. The van der Waals surface area contributed by atoms with Gasteiger partial charge < -0.3 is 0 Å². The van der Waals surface area contributed by atoms with Crippen LogP contribution in [0.15, 0.2) is 60.7 Å². The molecule has 0 saturated heterocycles. The Bertz CT molecular complexity index is 2390. The summed E-state index contributed by atoms with van der Waals surface area (Å²) in [5, 5.41) is 0. The molecule has 0 unspecified atom stereocenters. The molecule has 0 aliphatic rings. The molecule has 0 aliphatic heterocycles. The first-order valence-electron chi connectivity index (χ1n) is 18.0. The molecule has 274 valence electrons. The summed E-state index contributed by atoms with van der Waals surface area (Å²) in [6.45, 7) is 27.6. The predicted molar refractivity (Wildman–Crippen MR) is 262 cm³/mol. The summed E-state index contributed by atoms with van der Waals surface area (Å²) < 4.78 is 0. The Labute approximate surface area is 351 Å². The second-order valence-electron chi connectivity index (χ2n) is 17.4. The third kappa shape index (κ3) is 11.2. The molecule has 0 aliphatic carbocycles. The van der Waals surface area contributed by atoms with Crippen LogP contribution in [0.5, 0.6) is 0 Å². The van der Waals surface area contributed by atoms with E-state index in [-0.39, 0.29) is 0 Å². The lowest BCUT2D eigenvalue weighted by molar-refractivity contribution is 1.80. The van der Waals surface area contributed by atoms with Gasteiger partial charge in [0.2, 0.25) is 0 Å². The van der Waals surface area contributed by atoms with Gasteiger partial charge in [0.25, 0.3) is 0 Å². The molecule has 0 aromatic carbocycles. The van der Waals surface area contributed by atoms with Crippen molar-refractivity contribution in [2.75, 3.05) is 0 Å². The topological polar surface area (TPSA) is 0 Å². The van der Waals surface area contributed by atoms with E-state index in [1.807, 2.05) is 68.0 Å². The van der Waals surface area contributed by atoms with E-state index in [1.54, 1.807) is 0 Å². The summed E-state index contributed by atoms with van der Waals surface area (Å²) in [6, 6.07) is 22.7. The standard InChI is InChI=1S/C44H46S6Si4/c1-51(2,3)25-21-31-13-17-37(45-31)35-29-41(39-19-15-33(47-39)23-27-53(7,8)9)49-43(35)44-36(38-18-14-32(46-38)22-26-52(4,5)6)30-42(50-44)40-20-16-34(48-40)24-28-54(10,11)12/h13-20,29-30H,1-12H3. The molecule has 0 spiro atoms. The maximum absolute atomic E-state index is 3.58. The van der Waals surface area contributed by atoms with Gasteiger partial charge in [-0.2, -0.15) is 0 Å². The van der Waals surface area contributed by atoms with E-state index in [2.05, 4.69) is 185 Å². The van der Waals surface area contributed by atoms with Crippen molar-refractivity contribution in [1.29, 1.82) is 0 Å². The average Bonchev–Trinajstić information content (AvgIpc) is 3.90. The first-order valence-corrected chi connectivity index (χ1v) is 36.9. The van der Waals surface area contributed by atoms with Crippen LogP contribution in [0.3, 0.4) is 0 Å². The van der Waals surface area contributed by atoms with Crippen molar-refractivity contribution in [3.05, 3.63) is 80.2 Å². The normalized spacial score (nSPS) is 11.9. The van der Waals surface area contributed by atoms with Gasteiger partial charge in [-0.3, -0.25) is 0 Å². The number of thiophene rings is 6. The minimum atomic E-state index is -1.50. The molecule has 0 bridgehead atoms. The fraction of sp³-hybridized carbons (Fsp3) is 0.273. The highest BCUT2D eigenvalue weighted by Crippen LogP contribution is 2.53. The minimum absolute atomic E-state index is 1.13. The van der Waals surface area contributed by atoms with Gasteiger partial charge in [-0.25, -0.2) is 0 Å². The highest BCUT2D eigenvalue weighted by atomic mass is 32.1. The molecule has 0 amide bonds. The van der Waals surface area contributed by atoms with Crippen molar-refractivity contribution in [2.24, 2.45) is 0 Å². The van der Waals surface area contributed by atoms with Gasteiger partial charge in [-0.1, -0.05) is 102 Å². The number of rotatable bonds is 5. The van der Waals surface area contributed by atoms with E-state index in [0.29, 0.717) is 0 Å². The lowest BCUT2D eigenvalue weighted by atomic mass is 10.1. The van der Waals surface area contributed by atoms with Gasteiger partial charge in [0.15, 0.2) is 0 Å². The van der Waals surface area contributed by atoms with Crippen molar-refractivity contribution >= 4 is 100 Å². The molecule has 10 heteroatoms. The molecule has 6 aromatic heterocycles. The zero-order valence-corrected chi connectivity index (χ0v) is 42.1. The SMILES string of the molecule is C[Si](C)(C)C#Cc1ccc(-c2cc(-c3ccc(C#C[Si](C)(C)C)s3)c(-c3sc(-c4ccc(C#C[Si](C)(C)C)s4)cc3-c3ccc(C#C[Si](C)(C)C)s3)s2)s1. The fourth-order valence-electron chi connectivity index (χ4n) is 4.90. The Hall–Kier alpha value is -2.69. The van der Waals surface area contributed by atoms with E-state index < -0.39 is 32.3 Å². The second-order valence-corrected chi connectivity index (χ2v) is 42.8. The van der Waals surface area contributed by atoms with E-state index in [1.165, 1.54) is 50.1 Å². The third-order valence-electron chi connectivity index (χ3n) is 7.35. The van der Waals surface area contributed by atoms with Gasteiger partial charge >= 0.3 is 0 Å². The Kier molecular flexibility index (Phi) is 12.2. The number of hydrogen-bond acceptors (Lipinski definition) is 6. The van der Waals surface area contributed by atoms with Crippen LogP contribution < -0.4 is 0 Å². The summed E-state index contributed by atoms with van der Waals surface area (Å²) in [4.78, 5) is 14.8. The summed E-state index contributed by atoms with van der Waals surface area (Å²) in [5.41, 5.74) is 16.8. The monoisotopic (exact) mass is 878 g/mol. The van der Waals surface area contributed by atoms with Crippen molar-refractivity contribution in [3.8, 4) is 96.0 Å². The van der Waals surface area contributed by atoms with Gasteiger partial charge in [0.05, 0.1) is 29.3 Å². The largest absolute Gasteiger partial charge is 0.133 e. The lowest BCUT2D eigenvalue weighted by Crippen LogP contribution is -2.16. The van der Waals surface area contributed by atoms with Crippen molar-refractivity contribution in [2.45, 2.75) is 78.6 Å². The van der Waals surface area contributed by atoms with Gasteiger partial charge in [-0.05, 0) is 60.7 Å².